The maximum Gasteiger partial charge on any atom is 0.308 e. The molecule has 2 aromatic rings. The van der Waals surface area contributed by atoms with E-state index >= 15 is 0 Å². The second-order valence-corrected chi connectivity index (χ2v) is 8.47. The van der Waals surface area contributed by atoms with Crippen LogP contribution in [0.5, 0.6) is 0 Å². The fraction of sp³-hybridized carbons (Fsp3) is 0.381. The zero-order valence-electron chi connectivity index (χ0n) is 14.8. The lowest BCUT2D eigenvalue weighted by Crippen LogP contribution is -2.26. The number of carbonyl (C=O) groups excluding carboxylic acids is 1. The van der Waals surface area contributed by atoms with Gasteiger partial charge in [-0.2, -0.15) is 0 Å². The molecule has 2 rings (SSSR count). The Morgan fingerprint density at radius 3 is 1.79 bits per heavy atom. The third-order valence-electron chi connectivity index (χ3n) is 4.49. The predicted octanol–water partition coefficient (Wildman–Crippen LogP) is 4.49. The van der Waals surface area contributed by atoms with Crippen molar-refractivity contribution in [2.24, 2.45) is 5.92 Å². The maximum absolute atomic E-state index is 12.1. The van der Waals surface area contributed by atoms with Crippen molar-refractivity contribution in [3.63, 3.8) is 0 Å². The lowest BCUT2D eigenvalue weighted by molar-refractivity contribution is -0.145. The van der Waals surface area contributed by atoms with E-state index in [2.05, 4.69) is 74.5 Å². The van der Waals surface area contributed by atoms with Crippen LogP contribution in [0.3, 0.4) is 0 Å². The van der Waals surface area contributed by atoms with Crippen LogP contribution in [0.15, 0.2) is 60.7 Å². The number of hydrogen-bond acceptors (Lipinski definition) is 2. The molecule has 24 heavy (non-hydrogen) atoms. The molecule has 0 N–H and O–H groups in total. The molecule has 0 aliphatic heterocycles. The first-order valence-electron chi connectivity index (χ1n) is 8.68. The number of methoxy groups -OCH3 is 1. The first-order chi connectivity index (χ1) is 11.7. The molecule has 0 amide bonds. The van der Waals surface area contributed by atoms with Gasteiger partial charge in [0.25, 0.3) is 0 Å². The molecule has 2 aromatic carbocycles. The highest BCUT2D eigenvalue weighted by molar-refractivity contribution is 7.73. The summed E-state index contributed by atoms with van der Waals surface area (Å²) in [5, 5.41) is 2.76. The minimum atomic E-state index is -0.490. The van der Waals surface area contributed by atoms with Gasteiger partial charge in [0.1, 0.15) is 0 Å². The Bertz CT molecular complexity index is 573. The van der Waals surface area contributed by atoms with Gasteiger partial charge in [-0.1, -0.05) is 74.5 Å². The highest BCUT2D eigenvalue weighted by atomic mass is 31.1. The smallest absolute Gasteiger partial charge is 0.308 e. The molecule has 0 radical (unpaired) electrons. The highest BCUT2D eigenvalue weighted by Gasteiger charge is 2.28. The van der Waals surface area contributed by atoms with Crippen LogP contribution in [0.25, 0.3) is 0 Å². The average molecular weight is 342 g/mol. The molecule has 0 aliphatic carbocycles. The summed E-state index contributed by atoms with van der Waals surface area (Å²) in [6.07, 6.45) is 2.77. The number of hydrogen-bond donors (Lipinski definition) is 0. The zero-order chi connectivity index (χ0) is 17.4. The second-order valence-electron chi connectivity index (χ2n) is 5.97. The van der Waals surface area contributed by atoms with E-state index in [1.807, 2.05) is 0 Å². The highest BCUT2D eigenvalue weighted by Crippen LogP contribution is 2.44. The summed E-state index contributed by atoms with van der Waals surface area (Å²) >= 11 is 0. The Hall–Kier alpha value is -1.66. The number of carbonyl (C=O) groups is 1. The van der Waals surface area contributed by atoms with E-state index < -0.39 is 7.92 Å². The largest absolute Gasteiger partial charge is 0.469 e. The van der Waals surface area contributed by atoms with Crippen molar-refractivity contribution in [3.8, 4) is 0 Å². The second kappa shape index (κ2) is 9.59. The van der Waals surface area contributed by atoms with E-state index in [0.29, 0.717) is 5.66 Å². The van der Waals surface area contributed by atoms with Crippen molar-refractivity contribution in [1.82, 2.24) is 0 Å². The Kier molecular flexibility index (Phi) is 7.46. The van der Waals surface area contributed by atoms with Crippen molar-refractivity contribution in [3.05, 3.63) is 60.7 Å². The number of rotatable bonds is 8. The predicted molar refractivity (Wildman–Crippen MR) is 104 cm³/mol. The van der Waals surface area contributed by atoms with E-state index in [9.17, 15) is 4.79 Å². The lowest BCUT2D eigenvalue weighted by atomic mass is 9.99. The topological polar surface area (TPSA) is 26.3 Å². The van der Waals surface area contributed by atoms with Crippen LogP contribution < -0.4 is 10.6 Å². The molecular weight excluding hydrogens is 315 g/mol. The molecule has 0 aliphatic rings. The summed E-state index contributed by atoms with van der Waals surface area (Å²) in [6.45, 7) is 4.30. The molecule has 0 aromatic heterocycles. The molecule has 0 saturated heterocycles. The molecule has 0 heterocycles. The summed E-state index contributed by atoms with van der Waals surface area (Å²) in [7, 11) is 0.999. The minimum absolute atomic E-state index is 0.0163. The lowest BCUT2D eigenvalue weighted by Gasteiger charge is -2.30. The molecule has 2 nitrogen and oxygen atoms in total. The molecule has 0 saturated carbocycles. The van der Waals surface area contributed by atoms with E-state index in [1.54, 1.807) is 0 Å². The van der Waals surface area contributed by atoms with Crippen LogP contribution >= 0.6 is 7.92 Å². The summed E-state index contributed by atoms with van der Waals surface area (Å²) in [5.41, 5.74) is 0.467. The molecule has 2 atom stereocenters. The van der Waals surface area contributed by atoms with E-state index in [-0.39, 0.29) is 11.9 Å². The van der Waals surface area contributed by atoms with Gasteiger partial charge in [-0.15, -0.1) is 0 Å². The third-order valence-corrected chi connectivity index (χ3v) is 7.50. The van der Waals surface area contributed by atoms with Crippen molar-refractivity contribution >= 4 is 24.5 Å². The maximum atomic E-state index is 12.1. The van der Waals surface area contributed by atoms with Crippen LogP contribution in [0, 0.1) is 5.92 Å². The number of benzene rings is 2. The number of esters is 1. The third kappa shape index (κ3) is 4.68. The molecular formula is C21H27O2P. The van der Waals surface area contributed by atoms with Crippen molar-refractivity contribution in [2.75, 3.05) is 7.11 Å². The standard InChI is InChI=1S/C21H27O2P/c1-4-17(21(22)23-3)16-18(5-2)24(19-12-8-6-9-13-19)20-14-10-7-11-15-20/h6-15,17-18H,4-5,16H2,1-3H3. The van der Waals surface area contributed by atoms with Crippen molar-refractivity contribution in [2.45, 2.75) is 38.8 Å². The molecule has 0 spiro atoms. The quantitative estimate of drug-likeness (QED) is 0.522. The van der Waals surface area contributed by atoms with Gasteiger partial charge < -0.3 is 4.74 Å². The summed E-state index contributed by atoms with van der Waals surface area (Å²) < 4.78 is 5.01. The Morgan fingerprint density at radius 2 is 1.42 bits per heavy atom. The van der Waals surface area contributed by atoms with Crippen LogP contribution in [-0.4, -0.2) is 18.7 Å². The molecule has 2 unspecified atom stereocenters. The minimum Gasteiger partial charge on any atom is -0.469 e. The first-order valence-corrected chi connectivity index (χ1v) is 10.1. The van der Waals surface area contributed by atoms with Crippen molar-refractivity contribution < 1.29 is 9.53 Å². The summed E-state index contributed by atoms with van der Waals surface area (Å²) in [5.74, 6) is -0.0932. The van der Waals surface area contributed by atoms with Gasteiger partial charge in [0.15, 0.2) is 0 Å². The van der Waals surface area contributed by atoms with Gasteiger partial charge in [0.2, 0.25) is 0 Å². The van der Waals surface area contributed by atoms with Crippen LogP contribution in [0.1, 0.15) is 33.1 Å². The van der Waals surface area contributed by atoms with Gasteiger partial charge in [0.05, 0.1) is 13.0 Å². The normalized spacial score (nSPS) is 13.5. The monoisotopic (exact) mass is 342 g/mol. The van der Waals surface area contributed by atoms with E-state index in [1.165, 1.54) is 17.7 Å². The Labute approximate surface area is 147 Å². The van der Waals surface area contributed by atoms with Gasteiger partial charge >= 0.3 is 5.97 Å². The fourth-order valence-corrected chi connectivity index (χ4v) is 6.09. The summed E-state index contributed by atoms with van der Waals surface area (Å²) in [6, 6.07) is 21.5. The van der Waals surface area contributed by atoms with Gasteiger partial charge in [0, 0.05) is 0 Å². The van der Waals surface area contributed by atoms with Gasteiger partial charge in [-0.05, 0) is 43.5 Å². The number of ether oxygens (including phenoxy) is 1. The molecule has 0 bridgehead atoms. The first kappa shape index (κ1) is 18.7. The van der Waals surface area contributed by atoms with Gasteiger partial charge in [-0.25, -0.2) is 0 Å². The average Bonchev–Trinajstić information content (AvgIpc) is 2.66. The van der Waals surface area contributed by atoms with Crippen molar-refractivity contribution in [1.29, 1.82) is 0 Å². The van der Waals surface area contributed by atoms with E-state index in [0.717, 1.165) is 19.3 Å². The zero-order valence-corrected chi connectivity index (χ0v) is 15.7. The van der Waals surface area contributed by atoms with Gasteiger partial charge in [-0.3, -0.25) is 4.79 Å². The van der Waals surface area contributed by atoms with E-state index in [4.69, 9.17) is 4.74 Å². The van der Waals surface area contributed by atoms with Crippen LogP contribution in [-0.2, 0) is 9.53 Å². The van der Waals surface area contributed by atoms with Crippen LogP contribution in [0.2, 0.25) is 0 Å². The molecule has 128 valence electrons. The fourth-order valence-electron chi connectivity index (χ4n) is 3.13. The SMILES string of the molecule is CCC(CC(CC)P(c1ccccc1)c1ccccc1)C(=O)OC. The molecule has 0 fully saturated rings. The Morgan fingerprint density at radius 1 is 0.917 bits per heavy atom. The van der Waals surface area contributed by atoms with Crippen LogP contribution in [0.4, 0.5) is 0 Å². The molecule has 3 heteroatoms. The Balaban J connectivity index is 2.35. The summed E-state index contributed by atoms with van der Waals surface area (Å²) in [4.78, 5) is 12.1.